The van der Waals surface area contributed by atoms with Gasteiger partial charge in [0.05, 0.1) is 19.7 Å². The molecule has 2 amide bonds. The van der Waals surface area contributed by atoms with Crippen LogP contribution in [0.15, 0.2) is 60.7 Å². The van der Waals surface area contributed by atoms with Gasteiger partial charge in [-0.2, -0.15) is 0 Å². The van der Waals surface area contributed by atoms with Crippen molar-refractivity contribution in [1.82, 2.24) is 10.6 Å². The van der Waals surface area contributed by atoms with Crippen LogP contribution in [0.4, 0.5) is 0 Å². The van der Waals surface area contributed by atoms with Crippen LogP contribution in [0.2, 0.25) is 0 Å². The number of benzene rings is 2. The van der Waals surface area contributed by atoms with E-state index in [0.717, 1.165) is 29.7 Å². The van der Waals surface area contributed by atoms with Gasteiger partial charge >= 0.3 is 0 Å². The van der Waals surface area contributed by atoms with Gasteiger partial charge in [-0.15, -0.1) is 0 Å². The maximum absolute atomic E-state index is 12.3. The summed E-state index contributed by atoms with van der Waals surface area (Å²) in [6.45, 7) is -0.0443. The van der Waals surface area contributed by atoms with Gasteiger partial charge < -0.3 is 15.4 Å². The molecular weight excluding hydrogens is 340 g/mol. The van der Waals surface area contributed by atoms with E-state index in [1.807, 2.05) is 54.6 Å². The summed E-state index contributed by atoms with van der Waals surface area (Å²) in [6, 6.07) is 17.3. The van der Waals surface area contributed by atoms with E-state index in [1.54, 1.807) is 13.2 Å². The molecule has 2 aromatic carbocycles. The van der Waals surface area contributed by atoms with Crippen molar-refractivity contribution in [2.24, 2.45) is 5.92 Å². The molecule has 0 spiro atoms. The molecule has 0 saturated heterocycles. The van der Waals surface area contributed by atoms with Crippen molar-refractivity contribution in [2.75, 3.05) is 13.7 Å². The van der Waals surface area contributed by atoms with Crippen molar-refractivity contribution < 1.29 is 14.3 Å². The predicted octanol–water partition coefficient (Wildman–Crippen LogP) is 3.09. The fourth-order valence-electron chi connectivity index (χ4n) is 2.90. The molecule has 0 aliphatic heterocycles. The van der Waals surface area contributed by atoms with Gasteiger partial charge in [0, 0.05) is 6.08 Å². The molecule has 0 radical (unpaired) electrons. The van der Waals surface area contributed by atoms with Crippen LogP contribution in [-0.4, -0.2) is 25.5 Å². The Morgan fingerprint density at radius 1 is 1.11 bits per heavy atom. The van der Waals surface area contributed by atoms with Crippen molar-refractivity contribution in [3.05, 3.63) is 71.8 Å². The van der Waals surface area contributed by atoms with Crippen LogP contribution in [0.1, 0.15) is 30.0 Å². The van der Waals surface area contributed by atoms with Gasteiger partial charge in [0.25, 0.3) is 0 Å². The number of ether oxygens (including phenoxy) is 1. The molecular formula is C22H24N2O3. The van der Waals surface area contributed by atoms with Crippen LogP contribution >= 0.6 is 0 Å². The normalized spacial score (nSPS) is 14.6. The molecule has 140 valence electrons. The lowest BCUT2D eigenvalue weighted by atomic mass is 10.0. The Hall–Kier alpha value is -3.08. The molecule has 5 heteroatoms. The van der Waals surface area contributed by atoms with Crippen LogP contribution in [0.25, 0.3) is 6.08 Å². The molecule has 5 nitrogen and oxygen atoms in total. The van der Waals surface area contributed by atoms with Crippen LogP contribution in [0.5, 0.6) is 5.75 Å². The lowest BCUT2D eigenvalue weighted by molar-refractivity contribution is -0.124. The van der Waals surface area contributed by atoms with Crippen molar-refractivity contribution >= 4 is 17.9 Å². The fourth-order valence-corrected chi connectivity index (χ4v) is 2.90. The summed E-state index contributed by atoms with van der Waals surface area (Å²) in [5, 5.41) is 5.67. The summed E-state index contributed by atoms with van der Waals surface area (Å²) in [6.07, 6.45) is 5.36. The summed E-state index contributed by atoms with van der Waals surface area (Å²) in [4.78, 5) is 24.2. The Bertz CT molecular complexity index is 796. The molecule has 1 fully saturated rings. The molecule has 0 aromatic heterocycles. The SMILES string of the molecule is COc1ccc(C(NC(=O)CNC(=O)/C=C/c2ccccc2)C2CC2)cc1. The van der Waals surface area contributed by atoms with Gasteiger partial charge in [-0.3, -0.25) is 9.59 Å². The van der Waals surface area contributed by atoms with Crippen molar-refractivity contribution in [1.29, 1.82) is 0 Å². The van der Waals surface area contributed by atoms with Gasteiger partial charge in [0.2, 0.25) is 11.8 Å². The van der Waals surface area contributed by atoms with Crippen LogP contribution < -0.4 is 15.4 Å². The molecule has 2 aromatic rings. The number of carbonyl (C=O) groups is 2. The highest BCUT2D eigenvalue weighted by Crippen LogP contribution is 2.41. The molecule has 2 N–H and O–H groups in total. The topological polar surface area (TPSA) is 67.4 Å². The Morgan fingerprint density at radius 3 is 2.44 bits per heavy atom. The van der Waals surface area contributed by atoms with Crippen LogP contribution in [0, 0.1) is 5.92 Å². The van der Waals surface area contributed by atoms with E-state index in [0.29, 0.717) is 5.92 Å². The smallest absolute Gasteiger partial charge is 0.244 e. The van der Waals surface area contributed by atoms with E-state index in [-0.39, 0.29) is 24.4 Å². The fraction of sp³-hybridized carbons (Fsp3) is 0.273. The maximum atomic E-state index is 12.3. The number of methoxy groups -OCH3 is 1. The second kappa shape index (κ2) is 9.03. The van der Waals surface area contributed by atoms with E-state index in [1.165, 1.54) is 6.08 Å². The predicted molar refractivity (Wildman–Crippen MR) is 105 cm³/mol. The number of hydrogen-bond acceptors (Lipinski definition) is 3. The van der Waals surface area contributed by atoms with E-state index in [2.05, 4.69) is 10.6 Å². The minimum atomic E-state index is -0.290. The zero-order valence-electron chi connectivity index (χ0n) is 15.4. The van der Waals surface area contributed by atoms with Gasteiger partial charge in [-0.1, -0.05) is 42.5 Å². The highest BCUT2D eigenvalue weighted by Gasteiger charge is 2.33. The molecule has 27 heavy (non-hydrogen) atoms. The third-order valence-electron chi connectivity index (χ3n) is 4.53. The van der Waals surface area contributed by atoms with Gasteiger partial charge in [-0.25, -0.2) is 0 Å². The third-order valence-corrected chi connectivity index (χ3v) is 4.53. The Kier molecular flexibility index (Phi) is 6.26. The average molecular weight is 364 g/mol. The van der Waals surface area contributed by atoms with Gasteiger partial charge in [0.1, 0.15) is 5.75 Å². The Labute approximate surface area is 159 Å². The zero-order valence-corrected chi connectivity index (χ0v) is 15.4. The number of carbonyl (C=O) groups excluding carboxylic acids is 2. The van der Waals surface area contributed by atoms with E-state index >= 15 is 0 Å². The van der Waals surface area contributed by atoms with Crippen molar-refractivity contribution in [2.45, 2.75) is 18.9 Å². The van der Waals surface area contributed by atoms with E-state index < -0.39 is 0 Å². The molecule has 1 aliphatic rings. The molecule has 1 atom stereocenters. The van der Waals surface area contributed by atoms with Gasteiger partial charge in [-0.05, 0) is 48.1 Å². The maximum Gasteiger partial charge on any atom is 0.244 e. The first-order chi connectivity index (χ1) is 13.2. The lowest BCUT2D eigenvalue weighted by Gasteiger charge is -2.19. The first-order valence-electron chi connectivity index (χ1n) is 9.10. The van der Waals surface area contributed by atoms with Crippen LogP contribution in [-0.2, 0) is 9.59 Å². The molecule has 0 bridgehead atoms. The first-order valence-corrected chi connectivity index (χ1v) is 9.10. The monoisotopic (exact) mass is 364 g/mol. The summed E-state index contributed by atoms with van der Waals surface area (Å²) >= 11 is 0. The molecule has 1 aliphatic carbocycles. The van der Waals surface area contributed by atoms with E-state index in [9.17, 15) is 9.59 Å². The number of hydrogen-bond donors (Lipinski definition) is 2. The van der Waals surface area contributed by atoms with E-state index in [4.69, 9.17) is 4.74 Å². The summed E-state index contributed by atoms with van der Waals surface area (Å²) in [7, 11) is 1.63. The number of nitrogens with one attached hydrogen (secondary N) is 2. The number of rotatable bonds is 8. The molecule has 0 heterocycles. The van der Waals surface area contributed by atoms with Crippen molar-refractivity contribution in [3.8, 4) is 5.75 Å². The Balaban J connectivity index is 1.50. The zero-order chi connectivity index (χ0) is 19.1. The molecule has 3 rings (SSSR count). The summed E-state index contributed by atoms with van der Waals surface area (Å²) in [5.41, 5.74) is 1.99. The highest BCUT2D eigenvalue weighted by atomic mass is 16.5. The quantitative estimate of drug-likeness (QED) is 0.708. The lowest BCUT2D eigenvalue weighted by Crippen LogP contribution is -2.38. The first kappa shape index (κ1) is 18.7. The number of amides is 2. The minimum absolute atomic E-state index is 0.0276. The highest BCUT2D eigenvalue weighted by molar-refractivity contribution is 5.94. The third kappa shape index (κ3) is 5.71. The second-order valence-corrected chi connectivity index (χ2v) is 6.62. The second-order valence-electron chi connectivity index (χ2n) is 6.62. The van der Waals surface area contributed by atoms with Crippen molar-refractivity contribution in [3.63, 3.8) is 0 Å². The van der Waals surface area contributed by atoms with Gasteiger partial charge in [0.15, 0.2) is 0 Å². The minimum Gasteiger partial charge on any atom is -0.497 e. The molecule has 1 unspecified atom stereocenters. The average Bonchev–Trinajstić information content (AvgIpc) is 3.55. The van der Waals surface area contributed by atoms with Crippen LogP contribution in [0.3, 0.4) is 0 Å². The Morgan fingerprint density at radius 2 is 1.81 bits per heavy atom. The summed E-state index contributed by atoms with van der Waals surface area (Å²) < 4.78 is 5.18. The molecule has 1 saturated carbocycles. The summed E-state index contributed by atoms with van der Waals surface area (Å²) in [5.74, 6) is 0.763. The largest absolute Gasteiger partial charge is 0.497 e. The standard InChI is InChI=1S/C22H24N2O3/c1-27-19-12-10-18(11-13-19)22(17-8-9-17)24-21(26)15-23-20(25)14-7-16-5-3-2-4-6-16/h2-7,10-14,17,22H,8-9,15H2,1H3,(H,23,25)(H,24,26)/b14-7+.